The fourth-order valence-corrected chi connectivity index (χ4v) is 4.96. The quantitative estimate of drug-likeness (QED) is 0.792. The normalized spacial score (nSPS) is 33.1. The first-order chi connectivity index (χ1) is 9.74. The Balaban J connectivity index is 1.86. The van der Waals surface area contributed by atoms with Crippen LogP contribution in [-0.4, -0.2) is 11.9 Å². The highest BCUT2D eigenvalue weighted by Gasteiger charge is 2.59. The maximum atomic E-state index is 12.7. The summed E-state index contributed by atoms with van der Waals surface area (Å²) in [7, 11) is 0. The Morgan fingerprint density at radius 2 is 2.10 bits per heavy atom. The van der Waals surface area contributed by atoms with E-state index in [0.717, 1.165) is 4.47 Å². The predicted octanol–water partition coefficient (Wildman–Crippen LogP) is 3.98. The molecule has 0 heterocycles. The van der Waals surface area contributed by atoms with Crippen molar-refractivity contribution in [3.8, 4) is 0 Å². The van der Waals surface area contributed by atoms with Crippen molar-refractivity contribution < 1.29 is 4.79 Å². The summed E-state index contributed by atoms with van der Waals surface area (Å²) in [5.74, 6) is 0.660. The molecule has 3 atom stereocenters. The molecule has 2 aliphatic carbocycles. The van der Waals surface area contributed by atoms with Crippen molar-refractivity contribution in [2.45, 2.75) is 46.1 Å². The molecule has 114 valence electrons. The molecule has 3 N–H and O–H groups in total. The van der Waals surface area contributed by atoms with E-state index in [1.165, 1.54) is 19.3 Å². The molecule has 1 amide bonds. The van der Waals surface area contributed by atoms with Crippen LogP contribution in [0, 0.1) is 16.7 Å². The number of nitrogen functional groups attached to an aromatic ring is 1. The minimum atomic E-state index is -0.0550. The molecule has 3 rings (SSSR count). The Hall–Kier alpha value is -1.03. The zero-order valence-corrected chi connectivity index (χ0v) is 14.5. The van der Waals surface area contributed by atoms with Crippen molar-refractivity contribution in [2.24, 2.45) is 16.7 Å². The lowest BCUT2D eigenvalue weighted by Crippen LogP contribution is -2.52. The molecule has 0 aliphatic heterocycles. The summed E-state index contributed by atoms with van der Waals surface area (Å²) in [6, 6.07) is 5.64. The summed E-state index contributed by atoms with van der Waals surface area (Å²) >= 11 is 3.41. The predicted molar refractivity (Wildman–Crippen MR) is 89.0 cm³/mol. The second-order valence-electron chi connectivity index (χ2n) is 7.55. The van der Waals surface area contributed by atoms with Gasteiger partial charge in [0.2, 0.25) is 0 Å². The maximum Gasteiger partial charge on any atom is 0.253 e. The molecule has 0 spiro atoms. The van der Waals surface area contributed by atoms with E-state index >= 15 is 0 Å². The zero-order chi connectivity index (χ0) is 15.4. The van der Waals surface area contributed by atoms with Crippen LogP contribution in [0.25, 0.3) is 0 Å². The number of rotatable bonds is 2. The van der Waals surface area contributed by atoms with Crippen molar-refractivity contribution in [2.75, 3.05) is 5.73 Å². The highest BCUT2D eigenvalue weighted by molar-refractivity contribution is 9.10. The third kappa shape index (κ3) is 2.28. The van der Waals surface area contributed by atoms with Gasteiger partial charge in [-0.3, -0.25) is 4.79 Å². The topological polar surface area (TPSA) is 55.1 Å². The number of nitrogens with one attached hydrogen (secondary N) is 1. The summed E-state index contributed by atoms with van der Waals surface area (Å²) in [5.41, 5.74) is 7.43. The number of anilines is 1. The molecular weight excluding hydrogens is 328 g/mol. The van der Waals surface area contributed by atoms with E-state index in [-0.39, 0.29) is 22.8 Å². The van der Waals surface area contributed by atoms with Gasteiger partial charge in [-0.05, 0) is 54.2 Å². The Kier molecular flexibility index (Phi) is 3.36. The number of hydrogen-bond acceptors (Lipinski definition) is 2. The number of carbonyl (C=O) groups excluding carboxylic acids is 1. The molecule has 1 aromatic carbocycles. The second-order valence-corrected chi connectivity index (χ2v) is 8.47. The van der Waals surface area contributed by atoms with Crippen LogP contribution in [0.3, 0.4) is 0 Å². The van der Waals surface area contributed by atoms with Gasteiger partial charge in [0, 0.05) is 16.2 Å². The SMILES string of the molecule is CC12CCC(C1)C(C)(C)C2NC(=O)c1cc(Br)ccc1N. The fraction of sp³-hybridized carbons (Fsp3) is 0.588. The Morgan fingerprint density at radius 1 is 1.38 bits per heavy atom. The van der Waals surface area contributed by atoms with Crippen LogP contribution in [0.4, 0.5) is 5.69 Å². The van der Waals surface area contributed by atoms with Gasteiger partial charge in [-0.15, -0.1) is 0 Å². The average Bonchev–Trinajstić information content (AvgIpc) is 2.88. The summed E-state index contributed by atoms with van der Waals surface area (Å²) in [6.07, 6.45) is 3.72. The molecule has 3 unspecified atom stereocenters. The van der Waals surface area contributed by atoms with Gasteiger partial charge in [0.25, 0.3) is 5.91 Å². The monoisotopic (exact) mass is 350 g/mol. The minimum Gasteiger partial charge on any atom is -0.398 e. The first-order valence-corrected chi connectivity index (χ1v) is 8.39. The molecule has 0 radical (unpaired) electrons. The minimum absolute atomic E-state index is 0.0550. The summed E-state index contributed by atoms with van der Waals surface area (Å²) < 4.78 is 0.875. The van der Waals surface area contributed by atoms with Crippen LogP contribution in [0.2, 0.25) is 0 Å². The summed E-state index contributed by atoms with van der Waals surface area (Å²) in [6.45, 7) is 6.89. The van der Waals surface area contributed by atoms with E-state index in [4.69, 9.17) is 5.73 Å². The van der Waals surface area contributed by atoms with Gasteiger partial charge in [-0.2, -0.15) is 0 Å². The van der Waals surface area contributed by atoms with Crippen LogP contribution in [-0.2, 0) is 0 Å². The number of fused-ring (bicyclic) bond motifs is 2. The number of benzene rings is 1. The molecule has 21 heavy (non-hydrogen) atoms. The number of amides is 1. The first-order valence-electron chi connectivity index (χ1n) is 7.60. The van der Waals surface area contributed by atoms with Gasteiger partial charge >= 0.3 is 0 Å². The third-order valence-corrected chi connectivity index (χ3v) is 6.30. The van der Waals surface area contributed by atoms with Crippen LogP contribution in [0.5, 0.6) is 0 Å². The molecule has 2 saturated carbocycles. The van der Waals surface area contributed by atoms with Crippen molar-refractivity contribution in [1.29, 1.82) is 0 Å². The van der Waals surface area contributed by atoms with E-state index in [2.05, 4.69) is 42.0 Å². The summed E-state index contributed by atoms with van der Waals surface area (Å²) in [4.78, 5) is 12.7. The average molecular weight is 351 g/mol. The van der Waals surface area contributed by atoms with Crippen molar-refractivity contribution in [3.63, 3.8) is 0 Å². The van der Waals surface area contributed by atoms with Crippen molar-refractivity contribution >= 4 is 27.5 Å². The molecule has 2 fully saturated rings. The molecule has 2 bridgehead atoms. The van der Waals surface area contributed by atoms with Gasteiger partial charge in [0.1, 0.15) is 0 Å². The van der Waals surface area contributed by atoms with Crippen LogP contribution >= 0.6 is 15.9 Å². The molecule has 3 nitrogen and oxygen atoms in total. The van der Waals surface area contributed by atoms with Crippen LogP contribution in [0.1, 0.15) is 50.4 Å². The molecule has 2 aliphatic rings. The smallest absolute Gasteiger partial charge is 0.253 e. The zero-order valence-electron chi connectivity index (χ0n) is 12.9. The molecule has 0 aromatic heterocycles. The Labute approximate surface area is 134 Å². The van der Waals surface area contributed by atoms with Crippen LogP contribution < -0.4 is 11.1 Å². The second kappa shape index (κ2) is 4.73. The van der Waals surface area contributed by atoms with Gasteiger partial charge in [0.15, 0.2) is 0 Å². The Bertz CT molecular complexity index is 594. The van der Waals surface area contributed by atoms with Gasteiger partial charge in [-0.25, -0.2) is 0 Å². The van der Waals surface area contributed by atoms with Gasteiger partial charge in [-0.1, -0.05) is 36.7 Å². The highest BCUT2D eigenvalue weighted by atomic mass is 79.9. The molecular formula is C17H23BrN2O. The van der Waals surface area contributed by atoms with Gasteiger partial charge in [0.05, 0.1) is 5.56 Å². The molecule has 1 aromatic rings. The summed E-state index contributed by atoms with van der Waals surface area (Å²) in [5, 5.41) is 3.29. The largest absolute Gasteiger partial charge is 0.398 e. The number of halogens is 1. The van der Waals surface area contributed by atoms with E-state index in [0.29, 0.717) is 17.2 Å². The van der Waals surface area contributed by atoms with E-state index in [1.807, 2.05) is 6.07 Å². The third-order valence-electron chi connectivity index (χ3n) is 5.81. The number of nitrogens with two attached hydrogens (primary N) is 1. The highest BCUT2D eigenvalue weighted by Crippen LogP contribution is 2.62. The number of carbonyl (C=O) groups is 1. The maximum absolute atomic E-state index is 12.7. The molecule has 0 saturated heterocycles. The Morgan fingerprint density at radius 3 is 2.71 bits per heavy atom. The van der Waals surface area contributed by atoms with Crippen molar-refractivity contribution in [1.82, 2.24) is 5.32 Å². The lowest BCUT2D eigenvalue weighted by atomic mass is 9.68. The van der Waals surface area contributed by atoms with Gasteiger partial charge < -0.3 is 11.1 Å². The first kappa shape index (κ1) is 14.9. The van der Waals surface area contributed by atoms with Crippen molar-refractivity contribution in [3.05, 3.63) is 28.2 Å². The van der Waals surface area contributed by atoms with E-state index in [9.17, 15) is 4.79 Å². The number of hydrogen-bond donors (Lipinski definition) is 2. The lowest BCUT2D eigenvalue weighted by molar-refractivity contribution is 0.0738. The van der Waals surface area contributed by atoms with Crippen LogP contribution in [0.15, 0.2) is 22.7 Å². The lowest BCUT2D eigenvalue weighted by Gasteiger charge is -2.43. The fourth-order valence-electron chi connectivity index (χ4n) is 4.60. The standard InChI is InChI=1S/C17H23BrN2O/c1-16(2)10-6-7-17(3,9-10)15(16)20-14(21)12-8-11(18)4-5-13(12)19/h4-5,8,10,15H,6-7,9,19H2,1-3H3,(H,20,21). The molecule has 4 heteroatoms. The van der Waals surface area contributed by atoms with E-state index in [1.54, 1.807) is 12.1 Å². The van der Waals surface area contributed by atoms with E-state index < -0.39 is 0 Å².